The Kier molecular flexibility index (Phi) is 9.03. The van der Waals surface area contributed by atoms with Gasteiger partial charge in [0.05, 0.1) is 15.1 Å². The molecule has 1 aliphatic heterocycles. The highest BCUT2D eigenvalue weighted by molar-refractivity contribution is 14.1. The van der Waals surface area contributed by atoms with Gasteiger partial charge in [0.1, 0.15) is 12.4 Å². The van der Waals surface area contributed by atoms with Gasteiger partial charge in [0, 0.05) is 6.54 Å². The molecule has 5 nitrogen and oxygen atoms in total. The van der Waals surface area contributed by atoms with E-state index in [1.165, 1.54) is 22.6 Å². The van der Waals surface area contributed by atoms with Crippen molar-refractivity contribution in [2.45, 2.75) is 26.4 Å². The predicted octanol–water partition coefficient (Wildman–Crippen LogP) is 7.08. The van der Waals surface area contributed by atoms with E-state index in [2.05, 4.69) is 22.6 Å². The van der Waals surface area contributed by atoms with Crippen LogP contribution in [0.5, 0.6) is 11.5 Å². The minimum absolute atomic E-state index is 0.252. The molecular formula is C28H25FINO4S. The molecule has 0 N–H and O–H groups in total. The Bertz CT molecular complexity index is 1260. The number of benzene rings is 3. The number of thioether (sulfide) groups is 1. The number of amides is 2. The normalized spacial score (nSPS) is 14.5. The molecule has 36 heavy (non-hydrogen) atoms. The fourth-order valence-electron chi connectivity index (χ4n) is 3.74. The van der Waals surface area contributed by atoms with E-state index >= 15 is 0 Å². The van der Waals surface area contributed by atoms with Crippen LogP contribution >= 0.6 is 34.4 Å². The number of carbonyl (C=O) groups excluding carboxylic acids is 2. The van der Waals surface area contributed by atoms with Crippen LogP contribution in [0.15, 0.2) is 71.6 Å². The van der Waals surface area contributed by atoms with Gasteiger partial charge in [0.15, 0.2) is 11.5 Å². The largest absolute Gasteiger partial charge is 0.490 e. The monoisotopic (exact) mass is 617 g/mol. The van der Waals surface area contributed by atoms with Gasteiger partial charge in [-0.1, -0.05) is 42.5 Å². The number of aryl methyl sites for hydroxylation is 1. The van der Waals surface area contributed by atoms with Gasteiger partial charge in [0.25, 0.3) is 11.1 Å². The van der Waals surface area contributed by atoms with Crippen molar-refractivity contribution in [3.05, 3.63) is 97.7 Å². The van der Waals surface area contributed by atoms with Crippen molar-refractivity contribution in [3.8, 4) is 11.5 Å². The molecule has 3 aromatic carbocycles. The van der Waals surface area contributed by atoms with Crippen molar-refractivity contribution in [2.75, 3.05) is 13.2 Å². The lowest BCUT2D eigenvalue weighted by atomic mass is 10.1. The molecule has 8 heteroatoms. The van der Waals surface area contributed by atoms with Gasteiger partial charge in [-0.25, -0.2) is 4.39 Å². The summed E-state index contributed by atoms with van der Waals surface area (Å²) < 4.78 is 25.8. The first-order chi connectivity index (χ1) is 17.4. The summed E-state index contributed by atoms with van der Waals surface area (Å²) in [4.78, 5) is 27.2. The Labute approximate surface area is 227 Å². The molecule has 1 heterocycles. The quantitative estimate of drug-likeness (QED) is 0.180. The summed E-state index contributed by atoms with van der Waals surface area (Å²) in [7, 11) is 0. The van der Waals surface area contributed by atoms with E-state index in [1.807, 2.05) is 43.3 Å². The maximum atomic E-state index is 13.2. The van der Waals surface area contributed by atoms with Gasteiger partial charge in [-0.3, -0.25) is 14.5 Å². The zero-order chi connectivity index (χ0) is 25.5. The van der Waals surface area contributed by atoms with Crippen LogP contribution in [-0.2, 0) is 17.8 Å². The Hall–Kier alpha value is -2.85. The molecule has 0 aliphatic carbocycles. The zero-order valence-electron chi connectivity index (χ0n) is 19.7. The van der Waals surface area contributed by atoms with Gasteiger partial charge < -0.3 is 9.47 Å². The Morgan fingerprint density at radius 1 is 1.00 bits per heavy atom. The van der Waals surface area contributed by atoms with Crippen LogP contribution < -0.4 is 9.47 Å². The van der Waals surface area contributed by atoms with Crippen molar-refractivity contribution in [1.82, 2.24) is 4.90 Å². The van der Waals surface area contributed by atoms with Crippen LogP contribution in [0.1, 0.15) is 30.0 Å². The molecule has 0 atom stereocenters. The lowest BCUT2D eigenvalue weighted by Crippen LogP contribution is -2.29. The molecule has 0 unspecified atom stereocenters. The molecule has 0 bridgehead atoms. The van der Waals surface area contributed by atoms with E-state index in [4.69, 9.17) is 9.47 Å². The van der Waals surface area contributed by atoms with Crippen molar-refractivity contribution < 1.29 is 23.5 Å². The summed E-state index contributed by atoms with van der Waals surface area (Å²) in [6.45, 7) is 2.96. The third-order valence-electron chi connectivity index (χ3n) is 5.49. The summed E-state index contributed by atoms with van der Waals surface area (Å²) in [5.74, 6) is 0.545. The molecule has 1 fully saturated rings. The number of imide groups is 1. The van der Waals surface area contributed by atoms with Crippen molar-refractivity contribution >= 4 is 51.6 Å². The van der Waals surface area contributed by atoms with Gasteiger partial charge in [-0.05, 0) is 101 Å². The number of hydrogen-bond donors (Lipinski definition) is 0. The van der Waals surface area contributed by atoms with E-state index < -0.39 is 0 Å². The molecule has 4 rings (SSSR count). The summed E-state index contributed by atoms with van der Waals surface area (Å²) >= 11 is 3.11. The van der Waals surface area contributed by atoms with E-state index in [0.29, 0.717) is 36.0 Å². The average molecular weight is 617 g/mol. The maximum absolute atomic E-state index is 13.2. The fourth-order valence-corrected chi connectivity index (χ4v) is 5.39. The number of halogens is 2. The predicted molar refractivity (Wildman–Crippen MR) is 148 cm³/mol. The van der Waals surface area contributed by atoms with Crippen LogP contribution in [0.3, 0.4) is 0 Å². The van der Waals surface area contributed by atoms with Crippen LogP contribution in [0.4, 0.5) is 9.18 Å². The lowest BCUT2D eigenvalue weighted by molar-refractivity contribution is -0.122. The van der Waals surface area contributed by atoms with Crippen molar-refractivity contribution in [2.24, 2.45) is 0 Å². The van der Waals surface area contributed by atoms with Crippen LogP contribution in [0, 0.1) is 9.39 Å². The fraction of sp³-hybridized carbons (Fsp3) is 0.214. The molecule has 0 radical (unpaired) electrons. The van der Waals surface area contributed by atoms with Crippen LogP contribution in [0.25, 0.3) is 6.08 Å². The molecular weight excluding hydrogens is 592 g/mol. The molecule has 3 aromatic rings. The van der Waals surface area contributed by atoms with E-state index in [1.54, 1.807) is 24.3 Å². The maximum Gasteiger partial charge on any atom is 0.293 e. The second kappa shape index (κ2) is 12.4. The molecule has 1 aliphatic rings. The van der Waals surface area contributed by atoms with Crippen LogP contribution in [-0.4, -0.2) is 29.2 Å². The van der Waals surface area contributed by atoms with Gasteiger partial charge in [-0.2, -0.15) is 0 Å². The Balaban J connectivity index is 1.46. The minimum Gasteiger partial charge on any atom is -0.490 e. The molecule has 1 saturated heterocycles. The lowest BCUT2D eigenvalue weighted by Gasteiger charge is -2.15. The first-order valence-electron chi connectivity index (χ1n) is 11.6. The van der Waals surface area contributed by atoms with Crippen molar-refractivity contribution in [1.29, 1.82) is 0 Å². The zero-order valence-corrected chi connectivity index (χ0v) is 22.7. The number of nitrogens with zero attached hydrogens (tertiary/aromatic N) is 1. The van der Waals surface area contributed by atoms with Gasteiger partial charge in [-0.15, -0.1) is 0 Å². The van der Waals surface area contributed by atoms with Crippen molar-refractivity contribution in [3.63, 3.8) is 0 Å². The smallest absolute Gasteiger partial charge is 0.293 e. The number of rotatable bonds is 10. The Morgan fingerprint density at radius 2 is 1.75 bits per heavy atom. The first kappa shape index (κ1) is 26.2. The highest BCUT2D eigenvalue weighted by Gasteiger charge is 2.34. The third kappa shape index (κ3) is 6.67. The summed E-state index contributed by atoms with van der Waals surface area (Å²) in [5, 5.41) is -0.252. The second-order valence-electron chi connectivity index (χ2n) is 8.10. The highest BCUT2D eigenvalue weighted by Crippen LogP contribution is 2.38. The number of ether oxygens (including phenoxy) is 2. The third-order valence-corrected chi connectivity index (χ3v) is 7.20. The van der Waals surface area contributed by atoms with Crippen LogP contribution in [0.2, 0.25) is 0 Å². The summed E-state index contributed by atoms with van der Waals surface area (Å²) in [6.07, 6.45) is 3.23. The topological polar surface area (TPSA) is 55.8 Å². The molecule has 186 valence electrons. The Morgan fingerprint density at radius 3 is 2.47 bits per heavy atom. The highest BCUT2D eigenvalue weighted by atomic mass is 127. The molecule has 0 saturated carbocycles. The molecule has 0 aromatic heterocycles. The summed E-state index contributed by atoms with van der Waals surface area (Å²) in [5.41, 5.74) is 2.76. The SMILES string of the molecule is CCOc1cc(/C=C2/SC(=O)N(CCCc3ccccc3)C2=O)cc(I)c1OCc1ccc(F)cc1. The van der Waals surface area contributed by atoms with E-state index in [-0.39, 0.29) is 23.6 Å². The van der Waals surface area contributed by atoms with Gasteiger partial charge in [0.2, 0.25) is 0 Å². The number of hydrogen-bond acceptors (Lipinski definition) is 5. The second-order valence-corrected chi connectivity index (χ2v) is 10.3. The number of carbonyl (C=O) groups is 2. The first-order valence-corrected chi connectivity index (χ1v) is 13.5. The minimum atomic E-state index is -0.298. The average Bonchev–Trinajstić information content (AvgIpc) is 3.13. The van der Waals surface area contributed by atoms with Gasteiger partial charge >= 0.3 is 0 Å². The molecule has 0 spiro atoms. The standard InChI is InChI=1S/C28H25FINO4S/c1-2-34-24-16-21(15-23(30)26(24)35-18-20-10-12-22(29)13-11-20)17-25-27(32)31(28(33)36-25)14-6-9-19-7-4-3-5-8-19/h3-5,7-8,10-13,15-17H,2,6,9,14,18H2,1H3/b25-17+. The van der Waals surface area contributed by atoms with E-state index in [0.717, 1.165) is 32.9 Å². The summed E-state index contributed by atoms with van der Waals surface area (Å²) in [6, 6.07) is 19.8. The molecule has 2 amide bonds. The van der Waals surface area contributed by atoms with E-state index in [9.17, 15) is 14.0 Å².